The molecule has 1 aromatic heterocycles. The van der Waals surface area contributed by atoms with Crippen LogP contribution in [0.25, 0.3) is 0 Å². The Morgan fingerprint density at radius 3 is 2.23 bits per heavy atom. The lowest BCUT2D eigenvalue weighted by Crippen LogP contribution is -2.15. The topological polar surface area (TPSA) is 153 Å². The van der Waals surface area contributed by atoms with Gasteiger partial charge in [-0.1, -0.05) is 12.1 Å². The van der Waals surface area contributed by atoms with Crippen molar-refractivity contribution in [1.29, 1.82) is 0 Å². The number of rotatable bonds is 6. The standard InChI is InChI=1S/C21H24N6O3S/c1-12-8-15(10-16-11-24-21(23)26-20(16)22)9-13(2)19(12)27-31(29,30)18-6-4-17(5-7-18)25-14(3)28/h4-9,11,27H,10H2,1-3H3,(H,25,28)(H4,22,23,24,26). The van der Waals surface area contributed by atoms with Crippen molar-refractivity contribution in [3.63, 3.8) is 0 Å². The van der Waals surface area contributed by atoms with Crippen LogP contribution in [0.2, 0.25) is 0 Å². The number of carbonyl (C=O) groups excluding carboxylic acids is 1. The van der Waals surface area contributed by atoms with Gasteiger partial charge in [-0.25, -0.2) is 13.4 Å². The molecule has 0 spiro atoms. The maximum atomic E-state index is 12.8. The molecule has 0 aliphatic carbocycles. The molecular weight excluding hydrogens is 416 g/mol. The molecule has 162 valence electrons. The normalized spacial score (nSPS) is 11.2. The van der Waals surface area contributed by atoms with E-state index in [0.29, 0.717) is 23.6 Å². The Morgan fingerprint density at radius 2 is 1.68 bits per heavy atom. The minimum Gasteiger partial charge on any atom is -0.383 e. The Hall–Kier alpha value is -3.66. The number of hydrogen-bond donors (Lipinski definition) is 4. The molecule has 0 atom stereocenters. The fourth-order valence-electron chi connectivity index (χ4n) is 3.22. The third kappa shape index (κ3) is 5.28. The molecule has 9 nitrogen and oxygen atoms in total. The molecule has 0 fully saturated rings. The molecule has 3 aromatic rings. The van der Waals surface area contributed by atoms with E-state index in [1.807, 2.05) is 26.0 Å². The van der Waals surface area contributed by atoms with Crippen LogP contribution in [-0.4, -0.2) is 24.3 Å². The zero-order valence-corrected chi connectivity index (χ0v) is 18.2. The number of nitrogens with one attached hydrogen (secondary N) is 2. The lowest BCUT2D eigenvalue weighted by Gasteiger charge is -2.16. The summed E-state index contributed by atoms with van der Waals surface area (Å²) in [6, 6.07) is 9.74. The summed E-state index contributed by atoms with van der Waals surface area (Å²) in [5.74, 6) is 0.200. The summed E-state index contributed by atoms with van der Waals surface area (Å²) in [5.41, 5.74) is 15.7. The van der Waals surface area contributed by atoms with E-state index in [1.165, 1.54) is 31.2 Å². The molecule has 2 aromatic carbocycles. The zero-order valence-electron chi connectivity index (χ0n) is 17.4. The van der Waals surface area contributed by atoms with Gasteiger partial charge in [-0.3, -0.25) is 9.52 Å². The lowest BCUT2D eigenvalue weighted by molar-refractivity contribution is -0.114. The lowest BCUT2D eigenvalue weighted by atomic mass is 10.00. The first-order valence-electron chi connectivity index (χ1n) is 9.42. The minimum absolute atomic E-state index is 0.0938. The van der Waals surface area contributed by atoms with Crippen molar-refractivity contribution in [3.05, 3.63) is 64.8 Å². The van der Waals surface area contributed by atoms with Crippen LogP contribution in [0.1, 0.15) is 29.2 Å². The van der Waals surface area contributed by atoms with E-state index in [0.717, 1.165) is 22.3 Å². The largest absolute Gasteiger partial charge is 0.383 e. The first kappa shape index (κ1) is 22.0. The van der Waals surface area contributed by atoms with Crippen LogP contribution in [0.15, 0.2) is 47.5 Å². The van der Waals surface area contributed by atoms with Crippen LogP contribution >= 0.6 is 0 Å². The second-order valence-electron chi connectivity index (χ2n) is 7.23. The van der Waals surface area contributed by atoms with E-state index in [9.17, 15) is 13.2 Å². The van der Waals surface area contributed by atoms with Gasteiger partial charge in [-0.05, 0) is 54.8 Å². The maximum absolute atomic E-state index is 12.8. The van der Waals surface area contributed by atoms with E-state index >= 15 is 0 Å². The monoisotopic (exact) mass is 440 g/mol. The van der Waals surface area contributed by atoms with Crippen LogP contribution in [0, 0.1) is 13.8 Å². The average Bonchev–Trinajstić information content (AvgIpc) is 2.67. The first-order chi connectivity index (χ1) is 14.5. The quantitative estimate of drug-likeness (QED) is 0.459. The number of nitrogens with zero attached hydrogens (tertiary/aromatic N) is 2. The van der Waals surface area contributed by atoms with Gasteiger partial charge in [-0.15, -0.1) is 0 Å². The summed E-state index contributed by atoms with van der Waals surface area (Å²) in [6.07, 6.45) is 2.08. The fourth-order valence-corrected chi connectivity index (χ4v) is 4.42. The van der Waals surface area contributed by atoms with E-state index in [4.69, 9.17) is 11.5 Å². The van der Waals surface area contributed by atoms with Crippen molar-refractivity contribution in [2.24, 2.45) is 0 Å². The highest BCUT2D eigenvalue weighted by molar-refractivity contribution is 7.92. The Bertz CT molecular complexity index is 1220. The fraction of sp³-hybridized carbons (Fsp3) is 0.190. The van der Waals surface area contributed by atoms with Gasteiger partial charge in [0.15, 0.2) is 0 Å². The van der Waals surface area contributed by atoms with Gasteiger partial charge >= 0.3 is 0 Å². The molecular formula is C21H24N6O3S. The van der Waals surface area contributed by atoms with Crippen molar-refractivity contribution in [1.82, 2.24) is 9.97 Å². The third-order valence-electron chi connectivity index (χ3n) is 4.63. The maximum Gasteiger partial charge on any atom is 0.261 e. The molecule has 0 saturated heterocycles. The number of amides is 1. The molecule has 0 saturated carbocycles. The molecule has 1 heterocycles. The number of carbonyl (C=O) groups is 1. The zero-order chi connectivity index (χ0) is 22.8. The van der Waals surface area contributed by atoms with Crippen LogP contribution < -0.4 is 21.5 Å². The summed E-state index contributed by atoms with van der Waals surface area (Å²) in [7, 11) is -3.80. The van der Waals surface area contributed by atoms with E-state index in [1.54, 1.807) is 6.20 Å². The number of aryl methyl sites for hydroxylation is 2. The van der Waals surface area contributed by atoms with Gasteiger partial charge < -0.3 is 16.8 Å². The number of nitrogens with two attached hydrogens (primary N) is 2. The summed E-state index contributed by atoms with van der Waals surface area (Å²) in [4.78, 5) is 19.2. The highest BCUT2D eigenvalue weighted by atomic mass is 32.2. The average molecular weight is 441 g/mol. The summed E-state index contributed by atoms with van der Waals surface area (Å²) in [5, 5.41) is 2.61. The molecule has 10 heteroatoms. The van der Waals surface area contributed by atoms with Gasteiger partial charge in [0.1, 0.15) is 5.82 Å². The molecule has 0 aliphatic heterocycles. The van der Waals surface area contributed by atoms with Crippen molar-refractivity contribution in [2.45, 2.75) is 32.1 Å². The predicted octanol–water partition coefficient (Wildman–Crippen LogP) is 2.61. The Morgan fingerprint density at radius 1 is 1.06 bits per heavy atom. The Kier molecular flexibility index (Phi) is 6.11. The number of benzene rings is 2. The summed E-state index contributed by atoms with van der Waals surface area (Å²) >= 11 is 0. The highest BCUT2D eigenvalue weighted by Crippen LogP contribution is 2.27. The Balaban J connectivity index is 1.83. The first-order valence-corrected chi connectivity index (χ1v) is 10.9. The van der Waals surface area contributed by atoms with Gasteiger partial charge in [0.2, 0.25) is 11.9 Å². The molecule has 0 unspecified atom stereocenters. The van der Waals surface area contributed by atoms with Crippen LogP contribution in [-0.2, 0) is 21.2 Å². The molecule has 31 heavy (non-hydrogen) atoms. The highest BCUT2D eigenvalue weighted by Gasteiger charge is 2.17. The van der Waals surface area contributed by atoms with Crippen molar-refractivity contribution in [3.8, 4) is 0 Å². The minimum atomic E-state index is -3.80. The van der Waals surface area contributed by atoms with Crippen molar-refractivity contribution >= 4 is 39.1 Å². The van der Waals surface area contributed by atoms with Crippen LogP contribution in [0.3, 0.4) is 0 Å². The molecule has 1 amide bonds. The number of hydrogen-bond acceptors (Lipinski definition) is 7. The van der Waals surface area contributed by atoms with Gasteiger partial charge in [0.25, 0.3) is 10.0 Å². The van der Waals surface area contributed by atoms with Crippen LogP contribution in [0.4, 0.5) is 23.1 Å². The molecule has 3 rings (SSSR count). The van der Waals surface area contributed by atoms with E-state index in [2.05, 4.69) is 20.0 Å². The summed E-state index contributed by atoms with van der Waals surface area (Å²) < 4.78 is 28.4. The third-order valence-corrected chi connectivity index (χ3v) is 5.99. The Labute approximate surface area is 181 Å². The summed E-state index contributed by atoms with van der Waals surface area (Å²) in [6.45, 7) is 5.05. The van der Waals surface area contributed by atoms with E-state index in [-0.39, 0.29) is 16.8 Å². The van der Waals surface area contributed by atoms with Gasteiger partial charge in [0.05, 0.1) is 10.6 Å². The van der Waals surface area contributed by atoms with Crippen molar-refractivity contribution in [2.75, 3.05) is 21.5 Å². The number of aromatic nitrogens is 2. The molecule has 0 bridgehead atoms. The smallest absolute Gasteiger partial charge is 0.261 e. The SMILES string of the molecule is CC(=O)Nc1ccc(S(=O)(=O)Nc2c(C)cc(Cc3cnc(N)nc3N)cc2C)cc1. The number of sulfonamides is 1. The van der Waals surface area contributed by atoms with Gasteiger partial charge in [-0.2, -0.15) is 4.98 Å². The van der Waals surface area contributed by atoms with E-state index < -0.39 is 10.0 Å². The number of nitrogen functional groups attached to an aromatic ring is 2. The van der Waals surface area contributed by atoms with Crippen molar-refractivity contribution < 1.29 is 13.2 Å². The second-order valence-corrected chi connectivity index (χ2v) is 8.91. The van der Waals surface area contributed by atoms with Crippen LogP contribution in [0.5, 0.6) is 0 Å². The predicted molar refractivity (Wildman–Crippen MR) is 121 cm³/mol. The molecule has 0 radical (unpaired) electrons. The van der Waals surface area contributed by atoms with Gasteiger partial charge in [0, 0.05) is 30.8 Å². The molecule has 6 N–H and O–H groups in total. The molecule has 0 aliphatic rings. The number of anilines is 4. The second kappa shape index (κ2) is 8.60.